The van der Waals surface area contributed by atoms with Crippen molar-refractivity contribution < 1.29 is 0 Å². The first-order valence-corrected chi connectivity index (χ1v) is 7.86. The molecule has 3 heterocycles. The van der Waals surface area contributed by atoms with Crippen LogP contribution in [0, 0.1) is 0 Å². The molecule has 2 atom stereocenters. The summed E-state index contributed by atoms with van der Waals surface area (Å²) in [5, 5.41) is 0. The molecule has 1 aliphatic carbocycles. The van der Waals surface area contributed by atoms with Gasteiger partial charge in [-0.05, 0) is 39.2 Å². The van der Waals surface area contributed by atoms with E-state index >= 15 is 0 Å². The summed E-state index contributed by atoms with van der Waals surface area (Å²) in [4.78, 5) is 14.3. The van der Waals surface area contributed by atoms with Gasteiger partial charge in [0.05, 0.1) is 0 Å². The first-order valence-electron chi connectivity index (χ1n) is 7.86. The molecular formula is C15H23N5. The number of nitrogen functional groups attached to an aromatic ring is 1. The maximum absolute atomic E-state index is 6.00. The van der Waals surface area contributed by atoms with Gasteiger partial charge >= 0.3 is 0 Å². The number of anilines is 2. The molecule has 108 valence electrons. The predicted octanol–water partition coefficient (Wildman–Crippen LogP) is 1.61. The molecule has 2 saturated heterocycles. The monoisotopic (exact) mass is 273 g/mol. The summed E-state index contributed by atoms with van der Waals surface area (Å²) in [6, 6.07) is 3.16. The summed E-state index contributed by atoms with van der Waals surface area (Å²) >= 11 is 0. The quantitative estimate of drug-likeness (QED) is 0.887. The number of rotatable bonds is 2. The van der Waals surface area contributed by atoms with E-state index in [1.165, 1.54) is 32.2 Å². The van der Waals surface area contributed by atoms with Gasteiger partial charge < -0.3 is 10.6 Å². The molecular weight excluding hydrogens is 250 g/mol. The Kier molecular flexibility index (Phi) is 2.84. The van der Waals surface area contributed by atoms with Crippen molar-refractivity contribution in [2.24, 2.45) is 0 Å². The highest BCUT2D eigenvalue weighted by Gasteiger charge is 2.35. The highest BCUT2D eigenvalue weighted by molar-refractivity contribution is 5.49. The molecule has 0 amide bonds. The number of hydrogen-bond donors (Lipinski definition) is 1. The van der Waals surface area contributed by atoms with Gasteiger partial charge in [-0.3, -0.25) is 4.90 Å². The molecule has 1 aromatic heterocycles. The Morgan fingerprint density at radius 2 is 2.05 bits per heavy atom. The van der Waals surface area contributed by atoms with Crippen molar-refractivity contribution in [2.75, 3.05) is 30.3 Å². The normalized spacial score (nSPS) is 30.6. The van der Waals surface area contributed by atoms with Gasteiger partial charge in [0.1, 0.15) is 17.5 Å². The number of fused-ring (bicyclic) bond motifs is 1. The Morgan fingerprint density at radius 1 is 1.20 bits per heavy atom. The lowest BCUT2D eigenvalue weighted by molar-refractivity contribution is 0.202. The SMILES string of the molecule is CC1CN2CCCC2CN1c1cc(N)nc(C2CC2)n1. The maximum Gasteiger partial charge on any atom is 0.136 e. The van der Waals surface area contributed by atoms with Crippen LogP contribution in [-0.2, 0) is 0 Å². The highest BCUT2D eigenvalue weighted by atomic mass is 15.3. The molecule has 3 aliphatic rings. The molecule has 4 rings (SSSR count). The smallest absolute Gasteiger partial charge is 0.136 e. The minimum Gasteiger partial charge on any atom is -0.384 e. The Morgan fingerprint density at radius 3 is 2.85 bits per heavy atom. The lowest BCUT2D eigenvalue weighted by atomic mass is 10.1. The van der Waals surface area contributed by atoms with E-state index < -0.39 is 0 Å². The van der Waals surface area contributed by atoms with Crippen LogP contribution in [0.2, 0.25) is 0 Å². The molecule has 20 heavy (non-hydrogen) atoms. The molecule has 0 aromatic carbocycles. The zero-order valence-electron chi connectivity index (χ0n) is 12.1. The Hall–Kier alpha value is -1.36. The molecule has 2 unspecified atom stereocenters. The van der Waals surface area contributed by atoms with Crippen LogP contribution in [0.5, 0.6) is 0 Å². The summed E-state index contributed by atoms with van der Waals surface area (Å²) in [5.74, 6) is 3.18. The molecule has 2 N–H and O–H groups in total. The van der Waals surface area contributed by atoms with E-state index in [0.717, 1.165) is 24.7 Å². The third kappa shape index (κ3) is 2.14. The summed E-state index contributed by atoms with van der Waals surface area (Å²) < 4.78 is 0. The number of nitrogens with zero attached hydrogens (tertiary/aromatic N) is 4. The zero-order chi connectivity index (χ0) is 13.7. The van der Waals surface area contributed by atoms with Crippen LogP contribution in [0.25, 0.3) is 0 Å². The Balaban J connectivity index is 1.62. The van der Waals surface area contributed by atoms with Crippen LogP contribution >= 0.6 is 0 Å². The van der Waals surface area contributed by atoms with Crippen molar-refractivity contribution in [3.63, 3.8) is 0 Å². The van der Waals surface area contributed by atoms with Gasteiger partial charge in [0, 0.05) is 37.2 Å². The second-order valence-corrected chi connectivity index (χ2v) is 6.58. The van der Waals surface area contributed by atoms with Crippen LogP contribution in [-0.4, -0.2) is 46.6 Å². The second kappa shape index (κ2) is 4.58. The third-order valence-corrected chi connectivity index (χ3v) is 4.92. The third-order valence-electron chi connectivity index (χ3n) is 4.92. The van der Waals surface area contributed by atoms with Crippen LogP contribution in [0.4, 0.5) is 11.6 Å². The van der Waals surface area contributed by atoms with Crippen LogP contribution in [0.3, 0.4) is 0 Å². The first kappa shape index (κ1) is 12.4. The molecule has 3 fully saturated rings. The molecule has 0 spiro atoms. The minimum atomic E-state index is 0.505. The van der Waals surface area contributed by atoms with Crippen molar-refractivity contribution in [3.8, 4) is 0 Å². The minimum absolute atomic E-state index is 0.505. The molecule has 0 bridgehead atoms. The topological polar surface area (TPSA) is 58.3 Å². The highest BCUT2D eigenvalue weighted by Crippen LogP contribution is 2.39. The van der Waals surface area contributed by atoms with E-state index in [0.29, 0.717) is 23.8 Å². The standard InChI is InChI=1S/C15H23N5/c1-10-8-19-6-2-3-12(19)9-20(10)14-7-13(16)17-15(18-14)11-4-5-11/h7,10-12H,2-6,8-9H2,1H3,(H2,16,17,18). The van der Waals surface area contributed by atoms with Crippen molar-refractivity contribution >= 4 is 11.6 Å². The average molecular weight is 273 g/mol. The lowest BCUT2D eigenvalue weighted by Crippen LogP contribution is -2.55. The van der Waals surface area contributed by atoms with Gasteiger partial charge in [0.2, 0.25) is 0 Å². The number of aromatic nitrogens is 2. The molecule has 0 radical (unpaired) electrons. The van der Waals surface area contributed by atoms with Crippen molar-refractivity contribution in [2.45, 2.75) is 50.6 Å². The first-order chi connectivity index (χ1) is 9.70. The fourth-order valence-electron chi connectivity index (χ4n) is 3.65. The molecule has 1 saturated carbocycles. The van der Waals surface area contributed by atoms with Crippen molar-refractivity contribution in [1.82, 2.24) is 14.9 Å². The van der Waals surface area contributed by atoms with Crippen molar-refractivity contribution in [3.05, 3.63) is 11.9 Å². The number of piperazine rings is 1. The van der Waals surface area contributed by atoms with E-state index in [1.807, 2.05) is 6.07 Å². The molecule has 1 aromatic rings. The Bertz CT molecular complexity index is 513. The molecule has 5 heteroatoms. The average Bonchev–Trinajstić information content (AvgIpc) is 3.17. The number of nitrogens with two attached hydrogens (primary N) is 1. The molecule has 5 nitrogen and oxygen atoms in total. The molecule has 2 aliphatic heterocycles. The van der Waals surface area contributed by atoms with Crippen molar-refractivity contribution in [1.29, 1.82) is 0 Å². The van der Waals surface area contributed by atoms with Gasteiger partial charge in [0.15, 0.2) is 0 Å². The van der Waals surface area contributed by atoms with Crippen LogP contribution in [0.15, 0.2) is 6.07 Å². The summed E-state index contributed by atoms with van der Waals surface area (Å²) in [6.45, 7) is 5.79. The lowest BCUT2D eigenvalue weighted by Gasteiger charge is -2.43. The summed E-state index contributed by atoms with van der Waals surface area (Å²) in [5.41, 5.74) is 6.00. The van der Waals surface area contributed by atoms with Gasteiger partial charge in [-0.2, -0.15) is 0 Å². The second-order valence-electron chi connectivity index (χ2n) is 6.58. The predicted molar refractivity (Wildman–Crippen MR) is 79.8 cm³/mol. The van der Waals surface area contributed by atoms with E-state index in [4.69, 9.17) is 10.7 Å². The van der Waals surface area contributed by atoms with Crippen LogP contribution in [0.1, 0.15) is 44.3 Å². The summed E-state index contributed by atoms with van der Waals surface area (Å²) in [6.07, 6.45) is 5.09. The van der Waals surface area contributed by atoms with Gasteiger partial charge in [0.25, 0.3) is 0 Å². The summed E-state index contributed by atoms with van der Waals surface area (Å²) in [7, 11) is 0. The fraction of sp³-hybridized carbons (Fsp3) is 0.733. The fourth-order valence-corrected chi connectivity index (χ4v) is 3.65. The van der Waals surface area contributed by atoms with E-state index in [9.17, 15) is 0 Å². The number of hydrogen-bond acceptors (Lipinski definition) is 5. The largest absolute Gasteiger partial charge is 0.384 e. The van der Waals surface area contributed by atoms with Crippen LogP contribution < -0.4 is 10.6 Å². The van der Waals surface area contributed by atoms with E-state index in [2.05, 4.69) is 21.7 Å². The Labute approximate surface area is 120 Å². The maximum atomic E-state index is 6.00. The van der Waals surface area contributed by atoms with Gasteiger partial charge in [-0.15, -0.1) is 0 Å². The van der Waals surface area contributed by atoms with E-state index in [1.54, 1.807) is 0 Å². The van der Waals surface area contributed by atoms with E-state index in [-0.39, 0.29) is 0 Å². The van der Waals surface area contributed by atoms with Gasteiger partial charge in [-0.25, -0.2) is 9.97 Å². The zero-order valence-corrected chi connectivity index (χ0v) is 12.1. The van der Waals surface area contributed by atoms with Gasteiger partial charge in [-0.1, -0.05) is 0 Å².